The minimum atomic E-state index is -3.76. The van der Waals surface area contributed by atoms with Gasteiger partial charge in [-0.25, -0.2) is 17.9 Å². The molecular formula is C13H16N2O4S2. The fraction of sp³-hybridized carbons (Fsp3) is 0.308. The molecule has 2 aromatic rings. The third-order valence-corrected chi connectivity index (χ3v) is 5.40. The molecule has 0 aliphatic rings. The average Bonchev–Trinajstić information content (AvgIpc) is 3.10. The highest BCUT2D eigenvalue weighted by Crippen LogP contribution is 2.25. The van der Waals surface area contributed by atoms with Crippen molar-refractivity contribution in [3.63, 3.8) is 0 Å². The van der Waals surface area contributed by atoms with Gasteiger partial charge in [-0.15, -0.1) is 11.3 Å². The van der Waals surface area contributed by atoms with Crippen LogP contribution in [0, 0.1) is 0 Å². The lowest BCUT2D eigenvalue weighted by molar-refractivity contribution is 0.0691. The summed E-state index contributed by atoms with van der Waals surface area (Å²) in [5.74, 6) is -1.19. The first-order valence-corrected chi connectivity index (χ1v) is 8.77. The summed E-state index contributed by atoms with van der Waals surface area (Å²) in [7, 11) is -3.76. The smallest absolute Gasteiger partial charge is 0.352 e. The van der Waals surface area contributed by atoms with E-state index in [-0.39, 0.29) is 16.6 Å². The lowest BCUT2D eigenvalue weighted by Gasteiger charge is -2.16. The number of carboxylic acids is 1. The molecule has 0 aromatic carbocycles. The Morgan fingerprint density at radius 1 is 1.52 bits per heavy atom. The molecule has 0 radical (unpaired) electrons. The minimum Gasteiger partial charge on any atom is -0.477 e. The van der Waals surface area contributed by atoms with Crippen LogP contribution >= 0.6 is 11.3 Å². The normalized spacial score (nSPS) is 13.2. The van der Waals surface area contributed by atoms with Crippen molar-refractivity contribution in [2.45, 2.75) is 30.7 Å². The van der Waals surface area contributed by atoms with Gasteiger partial charge in [0, 0.05) is 11.1 Å². The molecule has 1 unspecified atom stereocenters. The zero-order valence-corrected chi connectivity index (χ0v) is 13.0. The summed E-state index contributed by atoms with van der Waals surface area (Å²) in [5.41, 5.74) is -0.154. The summed E-state index contributed by atoms with van der Waals surface area (Å²) in [6.45, 7) is 1.98. The van der Waals surface area contributed by atoms with Gasteiger partial charge in [0.2, 0.25) is 10.0 Å². The molecule has 3 N–H and O–H groups in total. The molecule has 1 atom stereocenters. The first-order valence-electron chi connectivity index (χ1n) is 6.41. The Morgan fingerprint density at radius 3 is 2.81 bits per heavy atom. The molecule has 0 aliphatic carbocycles. The van der Waals surface area contributed by atoms with Crippen LogP contribution in [0.3, 0.4) is 0 Å². The Bertz CT molecular complexity index is 704. The number of aromatic nitrogens is 1. The quantitative estimate of drug-likeness (QED) is 0.727. The number of thiophene rings is 1. The van der Waals surface area contributed by atoms with Crippen molar-refractivity contribution in [2.24, 2.45) is 0 Å². The molecule has 8 heteroatoms. The summed E-state index contributed by atoms with van der Waals surface area (Å²) < 4.78 is 27.3. The number of aromatic carboxylic acids is 1. The summed E-state index contributed by atoms with van der Waals surface area (Å²) in [4.78, 5) is 14.1. The second-order valence-electron chi connectivity index (χ2n) is 4.53. The zero-order chi connectivity index (χ0) is 15.5. The predicted molar refractivity (Wildman–Crippen MR) is 80.0 cm³/mol. The van der Waals surface area contributed by atoms with E-state index < -0.39 is 16.0 Å². The van der Waals surface area contributed by atoms with E-state index in [9.17, 15) is 13.2 Å². The molecule has 0 saturated heterocycles. The number of carboxylic acid groups (broad SMARTS) is 1. The van der Waals surface area contributed by atoms with Crippen molar-refractivity contribution in [1.82, 2.24) is 9.71 Å². The lowest BCUT2D eigenvalue weighted by Crippen LogP contribution is -2.27. The summed E-state index contributed by atoms with van der Waals surface area (Å²) >= 11 is 1.49. The number of rotatable bonds is 7. The molecule has 2 aromatic heterocycles. The third-order valence-electron chi connectivity index (χ3n) is 2.96. The number of hydrogen-bond donors (Lipinski definition) is 3. The van der Waals surface area contributed by atoms with E-state index in [0.29, 0.717) is 6.42 Å². The van der Waals surface area contributed by atoms with Gasteiger partial charge in [0.05, 0.1) is 6.04 Å². The maximum absolute atomic E-state index is 12.3. The predicted octanol–water partition coefficient (Wildman–Crippen LogP) is 2.59. The Kier molecular flexibility index (Phi) is 4.81. The number of aromatic amines is 1. The maximum Gasteiger partial charge on any atom is 0.352 e. The van der Waals surface area contributed by atoms with E-state index >= 15 is 0 Å². The van der Waals surface area contributed by atoms with Crippen molar-refractivity contribution in [3.05, 3.63) is 40.3 Å². The molecule has 0 amide bonds. The van der Waals surface area contributed by atoms with Crippen LogP contribution in [0.15, 0.2) is 34.7 Å². The number of carbonyl (C=O) groups is 1. The van der Waals surface area contributed by atoms with Gasteiger partial charge in [-0.2, -0.15) is 0 Å². The largest absolute Gasteiger partial charge is 0.477 e. The van der Waals surface area contributed by atoms with Crippen LogP contribution in [-0.2, 0) is 10.0 Å². The van der Waals surface area contributed by atoms with E-state index in [0.717, 1.165) is 17.4 Å². The Hall–Kier alpha value is -1.64. The summed E-state index contributed by atoms with van der Waals surface area (Å²) in [6, 6.07) is 4.56. The highest BCUT2D eigenvalue weighted by Gasteiger charge is 2.23. The van der Waals surface area contributed by atoms with Gasteiger partial charge in [0.15, 0.2) is 0 Å². The second kappa shape index (κ2) is 6.42. The van der Waals surface area contributed by atoms with Gasteiger partial charge in [-0.3, -0.25) is 0 Å². The molecule has 0 aliphatic heterocycles. The highest BCUT2D eigenvalue weighted by atomic mass is 32.2. The SMILES string of the molecule is CCCC(NS(=O)(=O)c1c[nH]c(C(=O)O)c1)c1cccs1. The van der Waals surface area contributed by atoms with E-state index in [1.807, 2.05) is 24.4 Å². The number of hydrogen-bond acceptors (Lipinski definition) is 4. The molecule has 0 fully saturated rings. The Balaban J connectivity index is 2.23. The first-order chi connectivity index (χ1) is 9.94. The number of sulfonamides is 1. The van der Waals surface area contributed by atoms with Gasteiger partial charge in [0.25, 0.3) is 0 Å². The topological polar surface area (TPSA) is 99.3 Å². The van der Waals surface area contributed by atoms with E-state index in [1.54, 1.807) is 0 Å². The van der Waals surface area contributed by atoms with Crippen LogP contribution in [-0.4, -0.2) is 24.5 Å². The second-order valence-corrected chi connectivity index (χ2v) is 7.23. The van der Waals surface area contributed by atoms with Gasteiger partial charge in [-0.05, 0) is 23.9 Å². The minimum absolute atomic E-state index is 0.0717. The third kappa shape index (κ3) is 3.72. The molecule has 114 valence electrons. The van der Waals surface area contributed by atoms with Crippen molar-refractivity contribution in [1.29, 1.82) is 0 Å². The van der Waals surface area contributed by atoms with Crippen LogP contribution < -0.4 is 4.72 Å². The maximum atomic E-state index is 12.3. The standard InChI is InChI=1S/C13H16N2O4S2/c1-2-4-10(12-5-3-6-20-12)15-21(18,19)9-7-11(13(16)17)14-8-9/h3,5-8,10,14-15H,2,4H2,1H3,(H,16,17). The summed E-state index contributed by atoms with van der Waals surface area (Å²) in [5, 5.41) is 10.7. The molecule has 6 nitrogen and oxygen atoms in total. The van der Waals surface area contributed by atoms with Crippen molar-refractivity contribution in [2.75, 3.05) is 0 Å². The van der Waals surface area contributed by atoms with Crippen LogP contribution in [0.25, 0.3) is 0 Å². The Labute approximate surface area is 126 Å². The number of nitrogens with one attached hydrogen (secondary N) is 2. The lowest BCUT2D eigenvalue weighted by atomic mass is 10.1. The van der Waals surface area contributed by atoms with Gasteiger partial charge in [0.1, 0.15) is 10.6 Å². The van der Waals surface area contributed by atoms with Gasteiger partial charge < -0.3 is 10.1 Å². The summed E-state index contributed by atoms with van der Waals surface area (Å²) in [6.07, 6.45) is 2.69. The van der Waals surface area contributed by atoms with Crippen LogP contribution in [0.2, 0.25) is 0 Å². The highest BCUT2D eigenvalue weighted by molar-refractivity contribution is 7.89. The van der Waals surface area contributed by atoms with E-state index in [1.165, 1.54) is 17.5 Å². The monoisotopic (exact) mass is 328 g/mol. The van der Waals surface area contributed by atoms with Gasteiger partial charge >= 0.3 is 5.97 Å². The fourth-order valence-electron chi connectivity index (χ4n) is 1.95. The molecule has 2 rings (SSSR count). The van der Waals surface area contributed by atoms with E-state index in [4.69, 9.17) is 5.11 Å². The van der Waals surface area contributed by atoms with Crippen molar-refractivity contribution in [3.8, 4) is 0 Å². The first kappa shape index (κ1) is 15.7. The molecular weight excluding hydrogens is 312 g/mol. The fourth-order valence-corrected chi connectivity index (χ4v) is 4.08. The molecule has 2 heterocycles. The zero-order valence-electron chi connectivity index (χ0n) is 11.4. The molecule has 0 bridgehead atoms. The molecule has 0 spiro atoms. The van der Waals surface area contributed by atoms with Gasteiger partial charge in [-0.1, -0.05) is 19.4 Å². The number of H-pyrrole nitrogens is 1. The van der Waals surface area contributed by atoms with Crippen molar-refractivity contribution >= 4 is 27.3 Å². The average molecular weight is 328 g/mol. The van der Waals surface area contributed by atoms with Crippen LogP contribution in [0.1, 0.15) is 41.2 Å². The van der Waals surface area contributed by atoms with Crippen LogP contribution in [0.5, 0.6) is 0 Å². The van der Waals surface area contributed by atoms with Crippen molar-refractivity contribution < 1.29 is 18.3 Å². The molecule has 0 saturated carbocycles. The van der Waals surface area contributed by atoms with E-state index in [2.05, 4.69) is 9.71 Å². The molecule has 21 heavy (non-hydrogen) atoms. The van der Waals surface area contributed by atoms with Crippen LogP contribution in [0.4, 0.5) is 0 Å². The Morgan fingerprint density at radius 2 is 2.29 bits per heavy atom.